The van der Waals surface area contributed by atoms with Crippen LogP contribution in [0.2, 0.25) is 0 Å². The van der Waals surface area contributed by atoms with Gasteiger partial charge >= 0.3 is 0 Å². The second-order valence-corrected chi connectivity index (χ2v) is 5.39. The highest BCUT2D eigenvalue weighted by Gasteiger charge is 2.09. The van der Waals surface area contributed by atoms with E-state index in [0.717, 1.165) is 31.7 Å². The maximum Gasteiger partial charge on any atom is 0.0841 e. The fourth-order valence-corrected chi connectivity index (χ4v) is 2.26. The van der Waals surface area contributed by atoms with Gasteiger partial charge in [-0.1, -0.05) is 32.0 Å². The van der Waals surface area contributed by atoms with E-state index < -0.39 is 0 Å². The van der Waals surface area contributed by atoms with E-state index in [1.54, 1.807) is 0 Å². The third-order valence-electron chi connectivity index (χ3n) is 3.20. The summed E-state index contributed by atoms with van der Waals surface area (Å²) in [5.41, 5.74) is 2.33. The molecule has 0 aliphatic carbocycles. The molecule has 1 heterocycles. The Balaban J connectivity index is 2.18. The van der Waals surface area contributed by atoms with Crippen molar-refractivity contribution in [2.75, 3.05) is 6.54 Å². The van der Waals surface area contributed by atoms with E-state index in [0.29, 0.717) is 5.92 Å². The zero-order valence-corrected chi connectivity index (χ0v) is 12.6. The van der Waals surface area contributed by atoms with Crippen LogP contribution < -0.4 is 5.32 Å². The van der Waals surface area contributed by atoms with E-state index >= 15 is 0 Å². The number of rotatable bonds is 6. The van der Waals surface area contributed by atoms with Gasteiger partial charge in [-0.3, -0.25) is 4.68 Å². The summed E-state index contributed by atoms with van der Waals surface area (Å²) >= 11 is 0. The van der Waals surface area contributed by atoms with Crippen LogP contribution in [0.15, 0.2) is 24.3 Å². The summed E-state index contributed by atoms with van der Waals surface area (Å²) in [7, 11) is 0. The predicted molar refractivity (Wildman–Crippen MR) is 84.3 cm³/mol. The molecule has 0 fully saturated rings. The Labute approximate surface area is 121 Å². The van der Waals surface area contributed by atoms with E-state index in [1.165, 1.54) is 10.9 Å². The summed E-state index contributed by atoms with van der Waals surface area (Å²) in [4.78, 5) is 0. The third kappa shape index (κ3) is 3.61. The van der Waals surface area contributed by atoms with Crippen molar-refractivity contribution in [1.82, 2.24) is 15.1 Å². The maximum atomic E-state index is 4.74. The van der Waals surface area contributed by atoms with Crippen molar-refractivity contribution in [2.24, 2.45) is 5.92 Å². The molecule has 1 N–H and O–H groups in total. The molecule has 106 valence electrons. The molecule has 0 saturated heterocycles. The number of benzene rings is 1. The molecule has 0 saturated carbocycles. The van der Waals surface area contributed by atoms with E-state index in [-0.39, 0.29) is 0 Å². The lowest BCUT2D eigenvalue weighted by molar-refractivity contribution is 0.542. The zero-order chi connectivity index (χ0) is 14.4. The molecule has 1 aromatic carbocycles. The first-order chi connectivity index (χ1) is 9.72. The van der Waals surface area contributed by atoms with Crippen molar-refractivity contribution in [2.45, 2.75) is 40.3 Å². The monoisotopic (exact) mass is 269 g/mol. The SMILES string of the molecule is CC#CCCn1nc(CNCC(C)C)c2ccccc21. The lowest BCUT2D eigenvalue weighted by Gasteiger charge is -2.05. The number of nitrogens with one attached hydrogen (secondary N) is 1. The molecule has 3 nitrogen and oxygen atoms in total. The van der Waals surface area contributed by atoms with Crippen molar-refractivity contribution in [1.29, 1.82) is 0 Å². The van der Waals surface area contributed by atoms with Gasteiger partial charge in [-0.25, -0.2) is 0 Å². The van der Waals surface area contributed by atoms with Crippen LogP contribution in [0.25, 0.3) is 10.9 Å². The van der Waals surface area contributed by atoms with Crippen LogP contribution in [-0.4, -0.2) is 16.3 Å². The van der Waals surface area contributed by atoms with Crippen LogP contribution in [0.3, 0.4) is 0 Å². The number of para-hydroxylation sites is 1. The Morgan fingerprint density at radius 3 is 2.85 bits per heavy atom. The van der Waals surface area contributed by atoms with Crippen LogP contribution in [0.4, 0.5) is 0 Å². The summed E-state index contributed by atoms with van der Waals surface area (Å²) in [6.07, 6.45) is 0.848. The lowest BCUT2D eigenvalue weighted by Crippen LogP contribution is -2.19. The van der Waals surface area contributed by atoms with Gasteiger partial charge in [0, 0.05) is 18.4 Å². The van der Waals surface area contributed by atoms with Crippen molar-refractivity contribution >= 4 is 10.9 Å². The predicted octanol–water partition coefficient (Wildman–Crippen LogP) is 3.20. The standard InChI is InChI=1S/C17H23N3/c1-4-5-8-11-20-17-10-7-6-9-15(17)16(19-20)13-18-12-14(2)3/h6-7,9-10,14,18H,8,11-13H2,1-3H3. The van der Waals surface area contributed by atoms with Crippen molar-refractivity contribution in [3.05, 3.63) is 30.0 Å². The second kappa shape index (κ2) is 7.12. The number of hydrogen-bond acceptors (Lipinski definition) is 2. The minimum absolute atomic E-state index is 0.656. The molecule has 2 rings (SSSR count). The van der Waals surface area contributed by atoms with Crippen LogP contribution in [0.1, 0.15) is 32.9 Å². The molecule has 2 aromatic rings. The third-order valence-corrected chi connectivity index (χ3v) is 3.20. The fraction of sp³-hybridized carbons (Fsp3) is 0.471. The average molecular weight is 269 g/mol. The van der Waals surface area contributed by atoms with E-state index in [9.17, 15) is 0 Å². The van der Waals surface area contributed by atoms with Gasteiger partial charge in [-0.15, -0.1) is 11.8 Å². The van der Waals surface area contributed by atoms with E-state index in [2.05, 4.69) is 60.0 Å². The first-order valence-electron chi connectivity index (χ1n) is 7.27. The highest BCUT2D eigenvalue weighted by molar-refractivity contribution is 5.81. The fourth-order valence-electron chi connectivity index (χ4n) is 2.26. The molecule has 1 aromatic heterocycles. The zero-order valence-electron chi connectivity index (χ0n) is 12.6. The summed E-state index contributed by atoms with van der Waals surface area (Å²) in [5.74, 6) is 6.69. The van der Waals surface area contributed by atoms with Crippen molar-refractivity contribution in [3.8, 4) is 11.8 Å². The number of aromatic nitrogens is 2. The molecule has 0 radical (unpaired) electrons. The van der Waals surface area contributed by atoms with Gasteiger partial charge < -0.3 is 5.32 Å². The van der Waals surface area contributed by atoms with Crippen molar-refractivity contribution in [3.63, 3.8) is 0 Å². The van der Waals surface area contributed by atoms with Gasteiger partial charge in [0.15, 0.2) is 0 Å². The quantitative estimate of drug-likeness (QED) is 0.816. The van der Waals surface area contributed by atoms with Gasteiger partial charge in [-0.2, -0.15) is 5.10 Å². The maximum absolute atomic E-state index is 4.74. The summed E-state index contributed by atoms with van der Waals surface area (Å²) < 4.78 is 2.08. The molecule has 0 spiro atoms. The van der Waals surface area contributed by atoms with Crippen LogP contribution in [0, 0.1) is 17.8 Å². The molecule has 3 heteroatoms. The highest BCUT2D eigenvalue weighted by atomic mass is 15.3. The molecule has 20 heavy (non-hydrogen) atoms. The number of fused-ring (bicyclic) bond motifs is 1. The van der Waals surface area contributed by atoms with Gasteiger partial charge in [0.05, 0.1) is 17.8 Å². The van der Waals surface area contributed by atoms with Gasteiger partial charge in [-0.05, 0) is 25.5 Å². The van der Waals surface area contributed by atoms with Crippen LogP contribution >= 0.6 is 0 Å². The summed E-state index contributed by atoms with van der Waals surface area (Å²) in [6, 6.07) is 8.42. The molecule has 0 unspecified atom stereocenters. The topological polar surface area (TPSA) is 29.9 Å². The number of aryl methyl sites for hydroxylation is 1. The summed E-state index contributed by atoms with van der Waals surface area (Å²) in [5, 5.41) is 9.46. The Hall–Kier alpha value is -1.79. The Morgan fingerprint density at radius 1 is 1.30 bits per heavy atom. The average Bonchev–Trinajstić information content (AvgIpc) is 2.78. The Kier molecular flexibility index (Phi) is 5.20. The van der Waals surface area contributed by atoms with Crippen LogP contribution in [0.5, 0.6) is 0 Å². The van der Waals surface area contributed by atoms with E-state index in [1.807, 2.05) is 6.92 Å². The largest absolute Gasteiger partial charge is 0.311 e. The molecular formula is C17H23N3. The highest BCUT2D eigenvalue weighted by Crippen LogP contribution is 2.18. The van der Waals surface area contributed by atoms with Gasteiger partial charge in [0.2, 0.25) is 0 Å². The molecule has 0 aliphatic rings. The van der Waals surface area contributed by atoms with E-state index in [4.69, 9.17) is 5.10 Å². The molecule has 0 atom stereocenters. The van der Waals surface area contributed by atoms with Gasteiger partial charge in [0.1, 0.15) is 0 Å². The first-order valence-corrected chi connectivity index (χ1v) is 7.27. The molecule has 0 aliphatic heterocycles. The molecular weight excluding hydrogens is 246 g/mol. The minimum Gasteiger partial charge on any atom is -0.311 e. The van der Waals surface area contributed by atoms with Gasteiger partial charge in [0.25, 0.3) is 0 Å². The van der Waals surface area contributed by atoms with Crippen molar-refractivity contribution < 1.29 is 0 Å². The number of hydrogen-bond donors (Lipinski definition) is 1. The smallest absolute Gasteiger partial charge is 0.0841 e. The second-order valence-electron chi connectivity index (χ2n) is 5.39. The number of nitrogens with zero attached hydrogens (tertiary/aromatic N) is 2. The first kappa shape index (κ1) is 14.6. The normalized spacial score (nSPS) is 10.8. The lowest BCUT2D eigenvalue weighted by atomic mass is 10.2. The minimum atomic E-state index is 0.656. The van der Waals surface area contributed by atoms with Crippen LogP contribution in [-0.2, 0) is 13.1 Å². The molecule has 0 bridgehead atoms. The molecule has 0 amide bonds. The summed E-state index contributed by atoms with van der Waals surface area (Å²) in [6.45, 7) is 9.00. The Morgan fingerprint density at radius 2 is 2.10 bits per heavy atom. The Bertz CT molecular complexity index is 614.